The van der Waals surface area contributed by atoms with E-state index in [9.17, 15) is 4.57 Å². The normalized spacial score (nSPS) is 12.2. The summed E-state index contributed by atoms with van der Waals surface area (Å²) in [6, 6.07) is 6.94. The van der Waals surface area contributed by atoms with Crippen molar-refractivity contribution in [3.05, 3.63) is 60.8 Å². The van der Waals surface area contributed by atoms with Crippen LogP contribution >= 0.6 is 7.14 Å². The van der Waals surface area contributed by atoms with Gasteiger partial charge in [0, 0.05) is 60.3 Å². The molecule has 0 saturated heterocycles. The van der Waals surface area contributed by atoms with Crippen molar-refractivity contribution in [2.24, 2.45) is 7.05 Å². The van der Waals surface area contributed by atoms with Gasteiger partial charge in [0.25, 0.3) is 0 Å². The number of hydrogen-bond donors (Lipinski definition) is 2. The molecule has 0 aliphatic carbocycles. The number of aromatic nitrogens is 6. The standard InChI is InChI=1S/C28H26B6N9O2P/c1-15-12-37-26(41-25(15)39-19-7-6-18-23(36-9-8-35-18)24(19)46(4,5)44)40-20-10-17(16-13-38-42(2)14-16)21(11-22(20)45-3)43(27(29,30)31)28(32,33)34/h6-14H,1-5H3,(H2,37,39,40,41). The maximum absolute atomic E-state index is 13.4. The molecule has 0 aliphatic heterocycles. The third-order valence-electron chi connectivity index (χ3n) is 6.97. The van der Waals surface area contributed by atoms with E-state index < -0.39 is 17.6 Å². The number of aryl methyl sites for hydroxylation is 2. The highest BCUT2D eigenvalue weighted by Gasteiger charge is 2.32. The fourth-order valence-electron chi connectivity index (χ4n) is 5.11. The molecule has 0 amide bonds. The van der Waals surface area contributed by atoms with Crippen molar-refractivity contribution in [3.8, 4) is 16.9 Å². The van der Waals surface area contributed by atoms with Gasteiger partial charge in [-0.1, -0.05) is 10.5 Å². The topological polar surface area (TPSA) is 123 Å². The minimum atomic E-state index is -2.81. The van der Waals surface area contributed by atoms with E-state index in [1.165, 1.54) is 7.11 Å². The molecule has 12 radical (unpaired) electrons. The van der Waals surface area contributed by atoms with Crippen LogP contribution in [0.4, 0.5) is 28.8 Å². The highest BCUT2D eigenvalue weighted by Crippen LogP contribution is 2.43. The Hall–Kier alpha value is -4.11. The molecular formula is C28H26B6N9O2P. The van der Waals surface area contributed by atoms with Crippen molar-refractivity contribution >= 4 is 99.4 Å². The molecule has 3 heterocycles. The molecule has 0 spiro atoms. The van der Waals surface area contributed by atoms with Crippen LogP contribution < -0.4 is 25.6 Å². The number of rotatable bonds is 10. The molecule has 46 heavy (non-hydrogen) atoms. The second-order valence-corrected chi connectivity index (χ2v) is 14.4. The van der Waals surface area contributed by atoms with Crippen LogP contribution in [0.3, 0.4) is 0 Å². The van der Waals surface area contributed by atoms with Gasteiger partial charge in [-0.2, -0.15) is 10.1 Å². The molecule has 5 aromatic rings. The molecule has 218 valence electrons. The Morgan fingerprint density at radius 2 is 1.63 bits per heavy atom. The third kappa shape index (κ3) is 6.84. The zero-order valence-electron chi connectivity index (χ0n) is 26.1. The largest absolute Gasteiger partial charge is 0.494 e. The molecule has 2 N–H and O–H groups in total. The van der Waals surface area contributed by atoms with Gasteiger partial charge in [0.15, 0.2) is 0 Å². The van der Waals surface area contributed by atoms with Crippen LogP contribution in [-0.2, 0) is 11.6 Å². The molecule has 0 unspecified atom stereocenters. The van der Waals surface area contributed by atoms with Crippen LogP contribution in [0.25, 0.3) is 22.2 Å². The monoisotopic (exact) mass is 617 g/mol. The van der Waals surface area contributed by atoms with Gasteiger partial charge < -0.3 is 24.8 Å². The zero-order chi connectivity index (χ0) is 33.6. The summed E-state index contributed by atoms with van der Waals surface area (Å²) in [4.78, 5) is 19.1. The van der Waals surface area contributed by atoms with Crippen LogP contribution in [0.5, 0.6) is 5.75 Å². The fraction of sp³-hybridized carbons (Fsp3) is 0.250. The van der Waals surface area contributed by atoms with Crippen molar-refractivity contribution in [2.75, 3.05) is 36.0 Å². The Labute approximate surface area is 275 Å². The first kappa shape index (κ1) is 33.3. The van der Waals surface area contributed by atoms with Crippen molar-refractivity contribution in [2.45, 2.75) is 17.4 Å². The SMILES string of the molecule is [B]C([B])([B])N(c1cc(OC)c(Nc2ncc(C)c(Nc3ccc4nccnc4c3P(C)(C)=O)n2)cc1-c1cnn(C)c1)C([B])([B])[B]. The molecule has 5 rings (SSSR count). The Bertz CT molecular complexity index is 1960. The summed E-state index contributed by atoms with van der Waals surface area (Å²) >= 11 is 0. The summed E-state index contributed by atoms with van der Waals surface area (Å²) in [5.41, 5.74) is 4.42. The Morgan fingerprint density at radius 1 is 0.935 bits per heavy atom. The minimum Gasteiger partial charge on any atom is -0.494 e. The average Bonchev–Trinajstić information content (AvgIpc) is 3.38. The lowest BCUT2D eigenvalue weighted by atomic mass is 9.40. The van der Waals surface area contributed by atoms with Crippen molar-refractivity contribution < 1.29 is 9.30 Å². The number of benzene rings is 2. The summed E-state index contributed by atoms with van der Waals surface area (Å²) in [5, 5.41) is 7.26. The fourth-order valence-corrected chi connectivity index (χ4v) is 6.50. The van der Waals surface area contributed by atoms with E-state index in [1.54, 1.807) is 68.2 Å². The van der Waals surface area contributed by atoms with Gasteiger partial charge in [0.1, 0.15) is 24.2 Å². The maximum atomic E-state index is 13.4. The summed E-state index contributed by atoms with van der Waals surface area (Å²) in [6.07, 6.45) is 8.21. The number of nitrogens with one attached hydrogen (secondary N) is 2. The lowest BCUT2D eigenvalue weighted by Crippen LogP contribution is -2.64. The first-order valence-corrected chi connectivity index (χ1v) is 16.5. The summed E-state index contributed by atoms with van der Waals surface area (Å²) in [5.74, 6) is 1.01. The second-order valence-electron chi connectivity index (χ2n) is 11.3. The third-order valence-corrected chi connectivity index (χ3v) is 8.50. The van der Waals surface area contributed by atoms with Crippen LogP contribution in [0.1, 0.15) is 5.56 Å². The van der Waals surface area contributed by atoms with E-state index in [4.69, 9.17) is 56.8 Å². The number of nitrogens with zero attached hydrogens (tertiary/aromatic N) is 7. The summed E-state index contributed by atoms with van der Waals surface area (Å²) in [6.45, 7) is 5.23. The minimum absolute atomic E-state index is 0.225. The van der Waals surface area contributed by atoms with Crippen molar-refractivity contribution in [1.29, 1.82) is 0 Å². The quantitative estimate of drug-likeness (QED) is 0.178. The van der Waals surface area contributed by atoms with E-state index in [2.05, 4.69) is 30.7 Å². The predicted molar refractivity (Wildman–Crippen MR) is 190 cm³/mol. The smallest absolute Gasteiger partial charge is 0.229 e. The van der Waals surface area contributed by atoms with E-state index in [-0.39, 0.29) is 11.6 Å². The van der Waals surface area contributed by atoms with Crippen molar-refractivity contribution in [3.63, 3.8) is 0 Å². The highest BCUT2D eigenvalue weighted by molar-refractivity contribution is 7.71. The molecule has 18 heteroatoms. The Kier molecular flexibility index (Phi) is 8.85. The van der Waals surface area contributed by atoms with Gasteiger partial charge in [-0.15, -0.1) is 0 Å². The summed E-state index contributed by atoms with van der Waals surface area (Å²) in [7, 11) is 36.9. The van der Waals surface area contributed by atoms with Gasteiger partial charge in [-0.05, 0) is 38.5 Å². The number of hydrogen-bond acceptors (Lipinski definition) is 10. The maximum Gasteiger partial charge on any atom is 0.229 e. The number of fused-ring (bicyclic) bond motifs is 1. The molecule has 0 bridgehead atoms. The van der Waals surface area contributed by atoms with Crippen LogP contribution in [0, 0.1) is 6.92 Å². The number of ether oxygens (including phenoxy) is 1. The van der Waals surface area contributed by atoms with E-state index in [0.717, 1.165) is 10.5 Å². The van der Waals surface area contributed by atoms with Crippen LogP contribution in [-0.4, -0.2) is 108 Å². The first-order chi connectivity index (χ1) is 21.5. The van der Waals surface area contributed by atoms with E-state index in [1.807, 2.05) is 19.1 Å². The number of anilines is 5. The lowest BCUT2D eigenvalue weighted by molar-refractivity contribution is 0.417. The van der Waals surface area contributed by atoms with Gasteiger partial charge in [-0.3, -0.25) is 14.6 Å². The lowest BCUT2D eigenvalue weighted by Gasteiger charge is -2.51. The zero-order valence-corrected chi connectivity index (χ0v) is 26.9. The van der Waals surface area contributed by atoms with Gasteiger partial charge >= 0.3 is 0 Å². The van der Waals surface area contributed by atoms with Crippen molar-refractivity contribution in [1.82, 2.24) is 29.7 Å². The van der Waals surface area contributed by atoms with E-state index in [0.29, 0.717) is 50.4 Å². The molecule has 11 nitrogen and oxygen atoms in total. The molecule has 0 atom stereocenters. The Balaban J connectivity index is 1.60. The molecule has 0 aliphatic rings. The highest BCUT2D eigenvalue weighted by atomic mass is 31.2. The number of methoxy groups -OCH3 is 1. The molecule has 0 saturated carbocycles. The average molecular weight is 616 g/mol. The molecular weight excluding hydrogens is 590 g/mol. The Morgan fingerprint density at radius 3 is 2.24 bits per heavy atom. The van der Waals surface area contributed by atoms with Gasteiger partial charge in [-0.25, -0.2) is 4.98 Å². The summed E-state index contributed by atoms with van der Waals surface area (Å²) < 4.78 is 20.7. The molecule has 3 aromatic heterocycles. The molecule has 2 aromatic carbocycles. The van der Waals surface area contributed by atoms with Crippen LogP contribution in [0.15, 0.2) is 55.2 Å². The molecule has 0 fully saturated rings. The second kappa shape index (κ2) is 12.2. The van der Waals surface area contributed by atoms with Gasteiger partial charge in [0.2, 0.25) is 5.95 Å². The van der Waals surface area contributed by atoms with Gasteiger partial charge in [0.05, 0.1) is 82.6 Å². The van der Waals surface area contributed by atoms with E-state index >= 15 is 0 Å². The van der Waals surface area contributed by atoms with Crippen LogP contribution in [0.2, 0.25) is 0 Å². The first-order valence-electron chi connectivity index (χ1n) is 13.9. The predicted octanol–water partition coefficient (Wildman–Crippen LogP) is 1.91.